The molecule has 6 rings (SSSR count). The van der Waals surface area contributed by atoms with Crippen molar-refractivity contribution in [3.63, 3.8) is 0 Å². The number of likely N-dealkylation sites (N-methyl/N-ethyl adjacent to an activating group) is 1. The molecule has 2 amide bonds. The quantitative estimate of drug-likeness (QED) is 0.352. The maximum absolute atomic E-state index is 13.5. The average molecular weight is 647 g/mol. The Bertz CT molecular complexity index is 1780. The monoisotopic (exact) mass is 646 g/mol. The third-order valence-electron chi connectivity index (χ3n) is 9.47. The molecule has 250 valence electrons. The van der Waals surface area contributed by atoms with Crippen molar-refractivity contribution >= 4 is 39.8 Å². The van der Waals surface area contributed by atoms with Crippen molar-refractivity contribution in [1.29, 1.82) is 0 Å². The van der Waals surface area contributed by atoms with Crippen LogP contribution in [0.4, 0.5) is 11.6 Å². The van der Waals surface area contributed by atoms with E-state index < -0.39 is 0 Å². The van der Waals surface area contributed by atoms with Crippen molar-refractivity contribution in [1.82, 2.24) is 29.6 Å². The highest BCUT2D eigenvalue weighted by Gasteiger charge is 2.30. The molecule has 3 aliphatic rings. The minimum Gasteiger partial charge on any atom is -0.383 e. The predicted molar refractivity (Wildman–Crippen MR) is 194 cm³/mol. The summed E-state index contributed by atoms with van der Waals surface area (Å²) >= 11 is 0. The lowest BCUT2D eigenvalue weighted by atomic mass is 9.89. The van der Waals surface area contributed by atoms with E-state index in [9.17, 15) is 9.59 Å². The van der Waals surface area contributed by atoms with E-state index in [4.69, 9.17) is 0 Å². The van der Waals surface area contributed by atoms with Crippen LogP contribution in [0.1, 0.15) is 29.3 Å². The fourth-order valence-corrected chi connectivity index (χ4v) is 6.61. The summed E-state index contributed by atoms with van der Waals surface area (Å²) in [7, 11) is 6.12. The fourth-order valence-electron chi connectivity index (χ4n) is 6.61. The molecule has 2 aromatic heterocycles. The number of piperazine rings is 2. The van der Waals surface area contributed by atoms with Gasteiger partial charge in [-0.2, -0.15) is 0 Å². The Labute approximate surface area is 283 Å². The van der Waals surface area contributed by atoms with E-state index in [0.29, 0.717) is 37.6 Å². The lowest BCUT2D eigenvalue weighted by Crippen LogP contribution is -2.50. The highest BCUT2D eigenvalue weighted by atomic mass is 16.2. The third kappa shape index (κ3) is 7.44. The Morgan fingerprint density at radius 2 is 1.65 bits per heavy atom. The largest absolute Gasteiger partial charge is 0.383 e. The number of anilines is 2. The highest BCUT2D eigenvalue weighted by molar-refractivity contribution is 6.05. The molecule has 0 radical (unpaired) electrons. The van der Waals surface area contributed by atoms with Crippen molar-refractivity contribution in [3.05, 3.63) is 102 Å². The van der Waals surface area contributed by atoms with Gasteiger partial charge in [-0.05, 0) is 66.3 Å². The maximum Gasteiger partial charge on any atom is 0.257 e. The lowest BCUT2D eigenvalue weighted by molar-refractivity contribution is -0.128. The molecule has 1 N–H and O–H groups in total. The predicted octanol–water partition coefficient (Wildman–Crippen LogP) is 4.72. The Morgan fingerprint density at radius 3 is 2.35 bits per heavy atom. The Kier molecular flexibility index (Phi) is 9.91. The van der Waals surface area contributed by atoms with Crippen LogP contribution in [0, 0.1) is 5.92 Å². The van der Waals surface area contributed by atoms with E-state index in [1.165, 1.54) is 5.70 Å². The summed E-state index contributed by atoms with van der Waals surface area (Å²) in [6, 6.07) is 11.5. The molecule has 3 aromatic rings. The Hall–Kier alpha value is -4.96. The molecule has 10 nitrogen and oxygen atoms in total. The number of fused-ring (bicyclic) bond motifs is 1. The Morgan fingerprint density at radius 1 is 0.896 bits per heavy atom. The molecule has 48 heavy (non-hydrogen) atoms. The second kappa shape index (κ2) is 14.4. The summed E-state index contributed by atoms with van der Waals surface area (Å²) in [6.07, 6.45) is 12.4. The zero-order valence-electron chi connectivity index (χ0n) is 28.5. The van der Waals surface area contributed by atoms with Gasteiger partial charge in [-0.25, -0.2) is 9.97 Å². The molecule has 2 saturated heterocycles. The number of hydrogen-bond donors (Lipinski definition) is 1. The number of nitrogens with zero attached hydrogens (tertiary/aromatic N) is 7. The van der Waals surface area contributed by atoms with Crippen molar-refractivity contribution in [2.45, 2.75) is 13.3 Å². The number of nitrogens with one attached hydrogen (secondary N) is 1. The van der Waals surface area contributed by atoms with Gasteiger partial charge in [0.1, 0.15) is 11.6 Å². The van der Waals surface area contributed by atoms with Crippen LogP contribution in [-0.2, 0) is 4.79 Å². The summed E-state index contributed by atoms with van der Waals surface area (Å²) in [5, 5.41) is 4.91. The number of aromatic nitrogens is 2. The molecule has 4 heterocycles. The van der Waals surface area contributed by atoms with Crippen LogP contribution in [0.15, 0.2) is 91.1 Å². The molecule has 1 atom stereocenters. The molecular formula is C38H46N8O2. The van der Waals surface area contributed by atoms with Crippen LogP contribution in [0.25, 0.3) is 16.3 Å². The van der Waals surface area contributed by atoms with E-state index in [0.717, 1.165) is 65.9 Å². The van der Waals surface area contributed by atoms with Gasteiger partial charge in [0.2, 0.25) is 5.91 Å². The van der Waals surface area contributed by atoms with Gasteiger partial charge in [-0.1, -0.05) is 37.8 Å². The van der Waals surface area contributed by atoms with Gasteiger partial charge < -0.3 is 29.8 Å². The number of pyridine rings is 2. The first kappa shape index (κ1) is 33.0. The Balaban J connectivity index is 1.07. The van der Waals surface area contributed by atoms with Crippen LogP contribution < -0.4 is 10.2 Å². The molecule has 0 bridgehead atoms. The van der Waals surface area contributed by atoms with Crippen molar-refractivity contribution in [2.75, 3.05) is 83.7 Å². The molecule has 0 saturated carbocycles. The number of carbonyl (C=O) groups is 2. The molecule has 1 unspecified atom stereocenters. The molecule has 2 fully saturated rings. The van der Waals surface area contributed by atoms with Gasteiger partial charge in [0.15, 0.2) is 0 Å². The fraction of sp³-hybridized carbons (Fsp3) is 0.368. The lowest BCUT2D eigenvalue weighted by Gasteiger charge is -2.39. The summed E-state index contributed by atoms with van der Waals surface area (Å²) in [6.45, 7) is 12.9. The second-order valence-electron chi connectivity index (χ2n) is 13.2. The van der Waals surface area contributed by atoms with Crippen molar-refractivity contribution < 1.29 is 9.59 Å². The summed E-state index contributed by atoms with van der Waals surface area (Å²) in [5.41, 5.74) is 4.77. The van der Waals surface area contributed by atoms with Crippen molar-refractivity contribution in [2.24, 2.45) is 5.92 Å². The van der Waals surface area contributed by atoms with E-state index in [1.54, 1.807) is 18.5 Å². The van der Waals surface area contributed by atoms with Gasteiger partial charge in [-0.3, -0.25) is 9.59 Å². The zero-order chi connectivity index (χ0) is 33.8. The number of allylic oxidation sites excluding steroid dienone is 5. The topological polar surface area (TPSA) is 88.2 Å². The first-order valence-corrected chi connectivity index (χ1v) is 16.7. The molecule has 1 aliphatic carbocycles. The summed E-state index contributed by atoms with van der Waals surface area (Å²) in [4.78, 5) is 46.8. The second-order valence-corrected chi connectivity index (χ2v) is 13.2. The number of carbonyl (C=O) groups excluding carboxylic acids is 2. The number of amides is 2. The van der Waals surface area contributed by atoms with E-state index >= 15 is 0 Å². The van der Waals surface area contributed by atoms with Gasteiger partial charge in [0, 0.05) is 107 Å². The smallest absolute Gasteiger partial charge is 0.257 e. The van der Waals surface area contributed by atoms with E-state index in [2.05, 4.69) is 62.7 Å². The number of rotatable bonds is 8. The van der Waals surface area contributed by atoms with Gasteiger partial charge in [-0.15, -0.1) is 0 Å². The van der Waals surface area contributed by atoms with Crippen LogP contribution in [-0.4, -0.2) is 115 Å². The van der Waals surface area contributed by atoms with Crippen LogP contribution in [0.3, 0.4) is 0 Å². The first-order chi connectivity index (χ1) is 23.2. The molecule has 2 aliphatic heterocycles. The zero-order valence-corrected chi connectivity index (χ0v) is 28.5. The van der Waals surface area contributed by atoms with Crippen LogP contribution >= 0.6 is 0 Å². The van der Waals surface area contributed by atoms with Crippen LogP contribution in [0.5, 0.6) is 0 Å². The highest BCUT2D eigenvalue weighted by Crippen LogP contribution is 2.30. The SMILES string of the molecule is C=C/C(=C\N(C)C)c1ccc2cnc(NC(=O)c3ccnc(N4CCN(C(=O)C5=CC=C(N6CCN(C)CC6)CC5C)CC4)c3)cc2c1. The third-order valence-corrected chi connectivity index (χ3v) is 9.47. The van der Waals surface area contributed by atoms with E-state index in [1.807, 2.05) is 66.5 Å². The molecule has 1 aromatic carbocycles. The summed E-state index contributed by atoms with van der Waals surface area (Å²) in [5.74, 6) is 1.26. The van der Waals surface area contributed by atoms with Crippen molar-refractivity contribution in [3.8, 4) is 0 Å². The number of hydrogen-bond acceptors (Lipinski definition) is 8. The number of benzene rings is 1. The first-order valence-electron chi connectivity index (χ1n) is 16.7. The standard InChI is InChI=1S/C38H46N8O2/c1-6-28(26-42(3)4)29-7-8-31-25-40-35(23-32(31)22-29)41-37(47)30-11-12-39-36(24-30)45-17-19-46(20-18-45)38(48)34-10-9-33(21-27(34)2)44-15-13-43(5)14-16-44/h6-12,22-27H,1,13-21H2,2-5H3,(H,40,41,47)/b28-26+. The maximum atomic E-state index is 13.5. The van der Waals surface area contributed by atoms with E-state index in [-0.39, 0.29) is 17.7 Å². The van der Waals surface area contributed by atoms with Gasteiger partial charge in [0.25, 0.3) is 5.91 Å². The normalized spacial score (nSPS) is 19.1. The minimum absolute atomic E-state index is 0.126. The molecule has 0 spiro atoms. The van der Waals surface area contributed by atoms with Gasteiger partial charge >= 0.3 is 0 Å². The average Bonchev–Trinajstić information content (AvgIpc) is 3.10. The van der Waals surface area contributed by atoms with Gasteiger partial charge in [0.05, 0.1) is 0 Å². The summed E-state index contributed by atoms with van der Waals surface area (Å²) < 4.78 is 0. The molecule has 10 heteroatoms. The minimum atomic E-state index is -0.253. The van der Waals surface area contributed by atoms with Crippen LogP contribution in [0.2, 0.25) is 0 Å². The molecular weight excluding hydrogens is 600 g/mol.